The standard InChI is InChI=1S/C15H19NO3/c1-10-4-3-5-13(8-10)16(2)14(17)11-6-7-12(9-11)15(18)19/h3-5,8,11-12H,6-7,9H2,1-2H3,(H,18,19). The summed E-state index contributed by atoms with van der Waals surface area (Å²) in [4.78, 5) is 24.9. The highest BCUT2D eigenvalue weighted by Gasteiger charge is 2.35. The van der Waals surface area contributed by atoms with Crippen LogP contribution >= 0.6 is 0 Å². The lowest BCUT2D eigenvalue weighted by Crippen LogP contribution is -2.32. The number of aliphatic carboxylic acids is 1. The van der Waals surface area contributed by atoms with Crippen molar-refractivity contribution >= 4 is 17.6 Å². The van der Waals surface area contributed by atoms with Crippen LogP contribution in [-0.4, -0.2) is 24.0 Å². The van der Waals surface area contributed by atoms with Crippen molar-refractivity contribution in [2.75, 3.05) is 11.9 Å². The number of carbonyl (C=O) groups excluding carboxylic acids is 1. The first-order valence-electron chi connectivity index (χ1n) is 6.56. The molecule has 4 nitrogen and oxygen atoms in total. The molecule has 102 valence electrons. The van der Waals surface area contributed by atoms with E-state index in [0.29, 0.717) is 19.3 Å². The molecule has 2 unspecified atom stereocenters. The number of carboxylic acid groups (broad SMARTS) is 1. The minimum atomic E-state index is -0.784. The largest absolute Gasteiger partial charge is 0.481 e. The van der Waals surface area contributed by atoms with Gasteiger partial charge < -0.3 is 10.0 Å². The van der Waals surface area contributed by atoms with Crippen molar-refractivity contribution in [1.82, 2.24) is 0 Å². The van der Waals surface area contributed by atoms with Crippen molar-refractivity contribution in [3.63, 3.8) is 0 Å². The van der Waals surface area contributed by atoms with Crippen molar-refractivity contribution in [2.45, 2.75) is 26.2 Å². The van der Waals surface area contributed by atoms with Crippen LogP contribution in [-0.2, 0) is 9.59 Å². The lowest BCUT2D eigenvalue weighted by molar-refractivity contribution is -0.141. The van der Waals surface area contributed by atoms with Gasteiger partial charge in [-0.25, -0.2) is 0 Å². The zero-order chi connectivity index (χ0) is 14.0. The summed E-state index contributed by atoms with van der Waals surface area (Å²) in [6, 6.07) is 7.76. The molecule has 2 atom stereocenters. The molecular formula is C15H19NO3. The molecule has 0 radical (unpaired) electrons. The maximum atomic E-state index is 12.4. The second kappa shape index (κ2) is 5.43. The first-order valence-corrected chi connectivity index (χ1v) is 6.56. The van der Waals surface area contributed by atoms with E-state index in [1.165, 1.54) is 0 Å². The van der Waals surface area contributed by atoms with E-state index in [1.54, 1.807) is 11.9 Å². The normalized spacial score (nSPS) is 22.2. The number of carboxylic acids is 1. The van der Waals surface area contributed by atoms with Crippen LogP contribution in [0.1, 0.15) is 24.8 Å². The number of carbonyl (C=O) groups is 2. The number of nitrogens with zero attached hydrogens (tertiary/aromatic N) is 1. The molecule has 1 saturated carbocycles. The number of amides is 1. The van der Waals surface area contributed by atoms with Crippen LogP contribution in [0.4, 0.5) is 5.69 Å². The maximum absolute atomic E-state index is 12.4. The number of aryl methyl sites for hydroxylation is 1. The lowest BCUT2D eigenvalue weighted by atomic mass is 10.0. The quantitative estimate of drug-likeness (QED) is 0.909. The van der Waals surface area contributed by atoms with Gasteiger partial charge in [-0.2, -0.15) is 0 Å². The molecule has 1 N–H and O–H groups in total. The van der Waals surface area contributed by atoms with E-state index >= 15 is 0 Å². The molecule has 1 aliphatic rings. The molecule has 0 saturated heterocycles. The second-order valence-electron chi connectivity index (χ2n) is 5.28. The molecule has 0 bridgehead atoms. The third kappa shape index (κ3) is 2.95. The summed E-state index contributed by atoms with van der Waals surface area (Å²) in [6.45, 7) is 1.98. The fourth-order valence-electron chi connectivity index (χ4n) is 2.67. The first-order chi connectivity index (χ1) is 8.99. The minimum Gasteiger partial charge on any atom is -0.481 e. The molecule has 1 aliphatic carbocycles. The van der Waals surface area contributed by atoms with Gasteiger partial charge in [0.25, 0.3) is 0 Å². The molecule has 1 amide bonds. The summed E-state index contributed by atoms with van der Waals surface area (Å²) in [5.74, 6) is -1.28. The van der Waals surface area contributed by atoms with Crippen molar-refractivity contribution in [3.8, 4) is 0 Å². The van der Waals surface area contributed by atoms with Gasteiger partial charge in [0.1, 0.15) is 0 Å². The maximum Gasteiger partial charge on any atom is 0.306 e. The zero-order valence-electron chi connectivity index (χ0n) is 11.3. The predicted molar refractivity (Wildman–Crippen MR) is 73.1 cm³/mol. The molecule has 0 aromatic heterocycles. The van der Waals surface area contributed by atoms with E-state index in [1.807, 2.05) is 31.2 Å². The topological polar surface area (TPSA) is 57.6 Å². The Bertz CT molecular complexity index is 498. The van der Waals surface area contributed by atoms with Gasteiger partial charge in [0, 0.05) is 18.7 Å². The van der Waals surface area contributed by atoms with Crippen molar-refractivity contribution in [1.29, 1.82) is 0 Å². The SMILES string of the molecule is Cc1cccc(N(C)C(=O)C2CCC(C(=O)O)C2)c1. The van der Waals surface area contributed by atoms with E-state index in [9.17, 15) is 9.59 Å². The van der Waals surface area contributed by atoms with Crippen LogP contribution in [0.2, 0.25) is 0 Å². The van der Waals surface area contributed by atoms with Gasteiger partial charge in [-0.3, -0.25) is 9.59 Å². The predicted octanol–water partition coefficient (Wildman–Crippen LogP) is 2.46. The molecule has 1 fully saturated rings. The van der Waals surface area contributed by atoms with Crippen molar-refractivity contribution in [3.05, 3.63) is 29.8 Å². The van der Waals surface area contributed by atoms with Gasteiger partial charge in [0.15, 0.2) is 0 Å². The monoisotopic (exact) mass is 261 g/mol. The van der Waals surface area contributed by atoms with E-state index in [0.717, 1.165) is 11.3 Å². The van der Waals surface area contributed by atoms with Crippen LogP contribution in [0.15, 0.2) is 24.3 Å². The van der Waals surface area contributed by atoms with Crippen molar-refractivity contribution in [2.24, 2.45) is 11.8 Å². The summed E-state index contributed by atoms with van der Waals surface area (Å²) >= 11 is 0. The minimum absolute atomic E-state index is 0.0225. The summed E-state index contributed by atoms with van der Waals surface area (Å²) in [7, 11) is 1.76. The van der Waals surface area contributed by atoms with E-state index in [4.69, 9.17) is 5.11 Å². The van der Waals surface area contributed by atoms with Gasteiger partial charge in [-0.05, 0) is 43.9 Å². The molecule has 4 heteroatoms. The molecule has 1 aromatic carbocycles. The summed E-state index contributed by atoms with van der Waals surface area (Å²) in [5.41, 5.74) is 1.97. The highest BCUT2D eigenvalue weighted by molar-refractivity contribution is 5.95. The molecule has 0 heterocycles. The highest BCUT2D eigenvalue weighted by Crippen LogP contribution is 2.33. The summed E-state index contributed by atoms with van der Waals surface area (Å²) < 4.78 is 0. The zero-order valence-corrected chi connectivity index (χ0v) is 11.3. The van der Waals surface area contributed by atoms with E-state index in [-0.39, 0.29) is 17.7 Å². The Kier molecular flexibility index (Phi) is 3.88. The number of hydrogen-bond donors (Lipinski definition) is 1. The van der Waals surface area contributed by atoms with Gasteiger partial charge in [-0.1, -0.05) is 12.1 Å². The number of hydrogen-bond acceptors (Lipinski definition) is 2. The number of benzene rings is 1. The third-order valence-corrected chi connectivity index (χ3v) is 3.85. The molecule has 0 spiro atoms. The summed E-state index contributed by atoms with van der Waals surface area (Å²) in [6.07, 6.45) is 1.74. The molecule has 2 rings (SSSR count). The molecular weight excluding hydrogens is 242 g/mol. The van der Waals surface area contributed by atoms with Gasteiger partial charge in [0.2, 0.25) is 5.91 Å². The Balaban J connectivity index is 2.06. The lowest BCUT2D eigenvalue weighted by Gasteiger charge is -2.21. The average Bonchev–Trinajstić information content (AvgIpc) is 2.86. The van der Waals surface area contributed by atoms with E-state index in [2.05, 4.69) is 0 Å². The summed E-state index contributed by atoms with van der Waals surface area (Å²) in [5, 5.41) is 8.98. The van der Waals surface area contributed by atoms with Crippen LogP contribution in [0.3, 0.4) is 0 Å². The van der Waals surface area contributed by atoms with Gasteiger partial charge in [0.05, 0.1) is 5.92 Å². The highest BCUT2D eigenvalue weighted by atomic mass is 16.4. The Morgan fingerprint density at radius 1 is 1.26 bits per heavy atom. The fraction of sp³-hybridized carbons (Fsp3) is 0.467. The van der Waals surface area contributed by atoms with Gasteiger partial charge in [-0.15, -0.1) is 0 Å². The van der Waals surface area contributed by atoms with Crippen LogP contribution in [0.5, 0.6) is 0 Å². The average molecular weight is 261 g/mol. The Labute approximate surface area is 113 Å². The second-order valence-corrected chi connectivity index (χ2v) is 5.28. The Morgan fingerprint density at radius 3 is 2.53 bits per heavy atom. The van der Waals surface area contributed by atoms with E-state index < -0.39 is 5.97 Å². The van der Waals surface area contributed by atoms with Gasteiger partial charge >= 0.3 is 5.97 Å². The van der Waals surface area contributed by atoms with Crippen LogP contribution in [0, 0.1) is 18.8 Å². The Hall–Kier alpha value is -1.84. The number of anilines is 1. The third-order valence-electron chi connectivity index (χ3n) is 3.85. The smallest absolute Gasteiger partial charge is 0.306 e. The fourth-order valence-corrected chi connectivity index (χ4v) is 2.67. The number of rotatable bonds is 3. The first kappa shape index (κ1) is 13.6. The molecule has 0 aliphatic heterocycles. The molecule has 1 aromatic rings. The van der Waals surface area contributed by atoms with Crippen molar-refractivity contribution < 1.29 is 14.7 Å². The molecule has 19 heavy (non-hydrogen) atoms. The van der Waals surface area contributed by atoms with Crippen LogP contribution in [0.25, 0.3) is 0 Å². The Morgan fingerprint density at radius 2 is 1.95 bits per heavy atom. The van der Waals surface area contributed by atoms with Crippen LogP contribution < -0.4 is 4.90 Å².